The van der Waals surface area contributed by atoms with Crippen LogP contribution in [0.25, 0.3) is 11.0 Å². The van der Waals surface area contributed by atoms with E-state index in [0.29, 0.717) is 12.1 Å². The molecule has 0 aliphatic rings. The first-order valence-corrected chi connectivity index (χ1v) is 8.19. The minimum atomic E-state index is -1.22. The maximum Gasteiger partial charge on any atom is 0.338 e. The smallest absolute Gasteiger partial charge is 0.338 e. The van der Waals surface area contributed by atoms with E-state index < -0.39 is 29.6 Å². The number of carbonyl (C=O) groups is 2. The average Bonchev–Trinajstić information content (AvgIpc) is 3.06. The van der Waals surface area contributed by atoms with Crippen LogP contribution in [0.5, 0.6) is 0 Å². The van der Waals surface area contributed by atoms with Crippen LogP contribution >= 0.6 is 0 Å². The lowest BCUT2D eigenvalue weighted by Crippen LogP contribution is -2.30. The monoisotopic (exact) mass is 374 g/mol. The van der Waals surface area contributed by atoms with Crippen molar-refractivity contribution in [3.05, 3.63) is 53.6 Å². The summed E-state index contributed by atoms with van der Waals surface area (Å²) in [5.41, 5.74) is 1.15. The van der Waals surface area contributed by atoms with Gasteiger partial charge in [-0.05, 0) is 44.2 Å². The van der Waals surface area contributed by atoms with Crippen LogP contribution in [-0.4, -0.2) is 33.0 Å². The number of anilines is 1. The van der Waals surface area contributed by atoms with Gasteiger partial charge in [-0.3, -0.25) is 4.79 Å². The van der Waals surface area contributed by atoms with E-state index in [-0.39, 0.29) is 11.3 Å². The average molecular weight is 374 g/mol. The van der Waals surface area contributed by atoms with Gasteiger partial charge in [-0.2, -0.15) is 0 Å². The highest BCUT2D eigenvalue weighted by atomic mass is 19.1. The Kier molecular flexibility index (Phi) is 5.11. The molecule has 0 radical (unpaired) electrons. The summed E-state index contributed by atoms with van der Waals surface area (Å²) in [6.45, 7) is 3.88. The molecule has 140 valence electrons. The van der Waals surface area contributed by atoms with E-state index in [9.17, 15) is 18.4 Å². The van der Waals surface area contributed by atoms with E-state index in [4.69, 9.17) is 4.74 Å². The highest BCUT2D eigenvalue weighted by Crippen LogP contribution is 2.17. The van der Waals surface area contributed by atoms with E-state index in [1.54, 1.807) is 10.7 Å². The van der Waals surface area contributed by atoms with Gasteiger partial charge in [0.05, 0.1) is 16.8 Å². The van der Waals surface area contributed by atoms with Crippen LogP contribution in [0.4, 0.5) is 14.5 Å². The van der Waals surface area contributed by atoms with Crippen molar-refractivity contribution < 1.29 is 23.1 Å². The predicted molar refractivity (Wildman–Crippen MR) is 93.1 cm³/mol. The van der Waals surface area contributed by atoms with Crippen LogP contribution in [-0.2, 0) is 16.1 Å². The maximum atomic E-state index is 13.6. The molecule has 1 N–H and O–H groups in total. The van der Waals surface area contributed by atoms with Gasteiger partial charge in [0.25, 0.3) is 5.91 Å². The number of halogens is 2. The number of nitrogens with one attached hydrogen (secondary N) is 1. The zero-order valence-corrected chi connectivity index (χ0v) is 14.6. The summed E-state index contributed by atoms with van der Waals surface area (Å²) in [6.07, 6.45) is -1.22. The zero-order chi connectivity index (χ0) is 19.6. The number of aromatic nitrogens is 3. The van der Waals surface area contributed by atoms with Gasteiger partial charge in [0.1, 0.15) is 17.2 Å². The molecule has 7 nitrogen and oxygen atoms in total. The SMILES string of the molecule is CCn1nnc2cc(C(=O)O[C@H](C)C(=O)Nc3cc(F)ccc3F)ccc21. The molecule has 0 aliphatic heterocycles. The van der Waals surface area contributed by atoms with Crippen molar-refractivity contribution in [1.29, 1.82) is 0 Å². The Morgan fingerprint density at radius 2 is 2.00 bits per heavy atom. The topological polar surface area (TPSA) is 86.1 Å². The molecule has 1 atom stereocenters. The number of nitrogens with zero attached hydrogens (tertiary/aromatic N) is 3. The summed E-state index contributed by atoms with van der Waals surface area (Å²) < 4.78 is 33.5. The molecule has 2 aromatic carbocycles. The number of carbonyl (C=O) groups excluding carboxylic acids is 2. The molecular weight excluding hydrogens is 358 g/mol. The number of rotatable bonds is 5. The molecule has 0 fully saturated rings. The number of hydrogen-bond acceptors (Lipinski definition) is 5. The molecule has 3 aromatic rings. The lowest BCUT2D eigenvalue weighted by Gasteiger charge is -2.14. The molecule has 0 aliphatic carbocycles. The molecule has 0 spiro atoms. The molecule has 1 aromatic heterocycles. The number of ether oxygens (including phenoxy) is 1. The van der Waals surface area contributed by atoms with Crippen LogP contribution in [0.15, 0.2) is 36.4 Å². The Labute approximate surface area is 152 Å². The highest BCUT2D eigenvalue weighted by Gasteiger charge is 2.21. The molecule has 1 heterocycles. The highest BCUT2D eigenvalue weighted by molar-refractivity contribution is 5.98. The van der Waals surface area contributed by atoms with Crippen LogP contribution in [0.1, 0.15) is 24.2 Å². The van der Waals surface area contributed by atoms with E-state index in [1.165, 1.54) is 19.1 Å². The fraction of sp³-hybridized carbons (Fsp3) is 0.222. The summed E-state index contributed by atoms with van der Waals surface area (Å²) in [5, 5.41) is 10.1. The van der Waals surface area contributed by atoms with Gasteiger partial charge in [0, 0.05) is 12.6 Å². The van der Waals surface area contributed by atoms with Crippen molar-refractivity contribution in [3.8, 4) is 0 Å². The molecule has 0 bridgehead atoms. The van der Waals surface area contributed by atoms with Gasteiger partial charge in [-0.1, -0.05) is 5.21 Å². The molecule has 27 heavy (non-hydrogen) atoms. The lowest BCUT2D eigenvalue weighted by molar-refractivity contribution is -0.123. The molecule has 0 saturated carbocycles. The standard InChI is InChI=1S/C18H16F2N4O3/c1-3-24-16-7-4-11(8-15(16)22-23-24)18(26)27-10(2)17(25)21-14-9-12(19)5-6-13(14)20/h4-10H,3H2,1-2H3,(H,21,25)/t10-/m1/s1. The summed E-state index contributed by atoms with van der Waals surface area (Å²) >= 11 is 0. The minimum absolute atomic E-state index is 0.197. The summed E-state index contributed by atoms with van der Waals surface area (Å²) in [4.78, 5) is 24.4. The van der Waals surface area contributed by atoms with Gasteiger partial charge in [-0.15, -0.1) is 5.10 Å². The van der Waals surface area contributed by atoms with E-state index >= 15 is 0 Å². The molecule has 9 heteroatoms. The van der Waals surface area contributed by atoms with Crippen molar-refractivity contribution in [1.82, 2.24) is 15.0 Å². The van der Waals surface area contributed by atoms with Gasteiger partial charge in [0.15, 0.2) is 6.10 Å². The third-order valence-corrected chi connectivity index (χ3v) is 3.89. The first kappa shape index (κ1) is 18.4. The number of hydrogen-bond donors (Lipinski definition) is 1. The number of esters is 1. The van der Waals surface area contributed by atoms with Crippen molar-refractivity contribution in [2.24, 2.45) is 0 Å². The van der Waals surface area contributed by atoms with E-state index in [1.807, 2.05) is 6.92 Å². The molecule has 1 amide bonds. The maximum absolute atomic E-state index is 13.6. The fourth-order valence-corrected chi connectivity index (χ4v) is 2.44. The number of aryl methyl sites for hydroxylation is 1. The second-order valence-electron chi connectivity index (χ2n) is 5.77. The Hall–Kier alpha value is -3.36. The van der Waals surface area contributed by atoms with E-state index in [0.717, 1.165) is 23.7 Å². The van der Waals surface area contributed by atoms with Crippen molar-refractivity contribution >= 4 is 28.6 Å². The Morgan fingerprint density at radius 3 is 2.74 bits per heavy atom. The summed E-state index contributed by atoms with van der Waals surface area (Å²) in [5.74, 6) is -3.03. The van der Waals surface area contributed by atoms with Crippen molar-refractivity contribution in [2.45, 2.75) is 26.5 Å². The Balaban J connectivity index is 1.69. The largest absolute Gasteiger partial charge is 0.449 e. The second kappa shape index (κ2) is 7.48. The Morgan fingerprint density at radius 1 is 1.22 bits per heavy atom. The number of amides is 1. The van der Waals surface area contributed by atoms with Crippen molar-refractivity contribution in [3.63, 3.8) is 0 Å². The Bertz CT molecular complexity index is 1020. The number of benzene rings is 2. The normalized spacial score (nSPS) is 12.0. The minimum Gasteiger partial charge on any atom is -0.449 e. The molecular formula is C18H16F2N4O3. The lowest BCUT2D eigenvalue weighted by atomic mass is 10.2. The third kappa shape index (κ3) is 3.91. The van der Waals surface area contributed by atoms with Crippen LogP contribution < -0.4 is 5.32 Å². The van der Waals surface area contributed by atoms with Crippen LogP contribution in [0.2, 0.25) is 0 Å². The second-order valence-corrected chi connectivity index (χ2v) is 5.77. The zero-order valence-electron chi connectivity index (χ0n) is 14.6. The quantitative estimate of drug-likeness (QED) is 0.694. The number of fused-ring (bicyclic) bond motifs is 1. The fourth-order valence-electron chi connectivity index (χ4n) is 2.44. The first-order valence-electron chi connectivity index (χ1n) is 8.19. The molecule has 0 unspecified atom stereocenters. The molecule has 3 rings (SSSR count). The van der Waals surface area contributed by atoms with Crippen LogP contribution in [0, 0.1) is 11.6 Å². The van der Waals surface area contributed by atoms with Gasteiger partial charge in [0.2, 0.25) is 0 Å². The van der Waals surface area contributed by atoms with Gasteiger partial charge >= 0.3 is 5.97 Å². The molecule has 0 saturated heterocycles. The van der Waals surface area contributed by atoms with Crippen molar-refractivity contribution in [2.75, 3.05) is 5.32 Å². The third-order valence-electron chi connectivity index (χ3n) is 3.89. The van der Waals surface area contributed by atoms with Crippen LogP contribution in [0.3, 0.4) is 0 Å². The summed E-state index contributed by atoms with van der Waals surface area (Å²) in [7, 11) is 0. The van der Waals surface area contributed by atoms with E-state index in [2.05, 4.69) is 15.6 Å². The summed E-state index contributed by atoms with van der Waals surface area (Å²) in [6, 6.07) is 7.39. The predicted octanol–water partition coefficient (Wildman–Crippen LogP) is 2.91. The van der Waals surface area contributed by atoms with Gasteiger partial charge in [-0.25, -0.2) is 18.3 Å². The van der Waals surface area contributed by atoms with Gasteiger partial charge < -0.3 is 10.1 Å². The first-order chi connectivity index (χ1) is 12.9.